The summed E-state index contributed by atoms with van der Waals surface area (Å²) in [5, 5.41) is 23.2. The van der Waals surface area contributed by atoms with Crippen molar-refractivity contribution >= 4 is 18.0 Å². The lowest BCUT2D eigenvalue weighted by Gasteiger charge is -2.21. The lowest BCUT2D eigenvalue weighted by Crippen LogP contribution is -2.48. The molecule has 0 fully saturated rings. The molecule has 0 aliphatic heterocycles. The molecule has 0 spiro atoms. The number of aliphatic hydroxyl groups is 1. The van der Waals surface area contributed by atoms with Crippen LogP contribution in [0.1, 0.15) is 37.3 Å². The lowest BCUT2D eigenvalue weighted by molar-refractivity contribution is -0.143. The minimum atomic E-state index is -1.39. The van der Waals surface area contributed by atoms with Crippen molar-refractivity contribution in [1.29, 1.82) is 0 Å². The second-order valence-electron chi connectivity index (χ2n) is 8.61. The van der Waals surface area contributed by atoms with Gasteiger partial charge in [0.2, 0.25) is 5.91 Å². The summed E-state index contributed by atoms with van der Waals surface area (Å²) >= 11 is 0. The summed E-state index contributed by atoms with van der Waals surface area (Å²) < 4.78 is 5.50. The SMILES string of the molecule is CC(C)CC(CNC(=O)OCC1c2ccccc2-c2ccccc21)C(=O)N[C@H](CO)C(=O)O. The Morgan fingerprint density at radius 2 is 1.58 bits per heavy atom. The summed E-state index contributed by atoms with van der Waals surface area (Å²) in [5.41, 5.74) is 4.47. The number of aliphatic hydroxyl groups excluding tert-OH is 1. The van der Waals surface area contributed by atoms with Gasteiger partial charge in [-0.2, -0.15) is 0 Å². The van der Waals surface area contributed by atoms with Crippen molar-refractivity contribution in [3.8, 4) is 11.1 Å². The second kappa shape index (κ2) is 11.0. The third kappa shape index (κ3) is 5.90. The molecule has 2 atom stereocenters. The fourth-order valence-electron chi connectivity index (χ4n) is 4.18. The number of carbonyl (C=O) groups is 3. The molecule has 0 bridgehead atoms. The number of benzene rings is 2. The predicted molar refractivity (Wildman–Crippen MR) is 123 cm³/mol. The number of aliphatic carboxylic acids is 1. The topological polar surface area (TPSA) is 125 Å². The third-order valence-corrected chi connectivity index (χ3v) is 5.76. The van der Waals surface area contributed by atoms with Crippen LogP contribution in [0.4, 0.5) is 4.79 Å². The molecule has 0 aromatic heterocycles. The molecule has 0 radical (unpaired) electrons. The molecule has 33 heavy (non-hydrogen) atoms. The molecular weight excluding hydrogens is 424 g/mol. The molecule has 1 unspecified atom stereocenters. The van der Waals surface area contributed by atoms with Crippen LogP contribution in [0.2, 0.25) is 0 Å². The highest BCUT2D eigenvalue weighted by Gasteiger charge is 2.30. The van der Waals surface area contributed by atoms with Crippen LogP contribution in [0, 0.1) is 11.8 Å². The Balaban J connectivity index is 1.59. The van der Waals surface area contributed by atoms with Gasteiger partial charge in [0.1, 0.15) is 12.6 Å². The zero-order valence-corrected chi connectivity index (χ0v) is 18.8. The highest BCUT2D eigenvalue weighted by atomic mass is 16.5. The van der Waals surface area contributed by atoms with Crippen molar-refractivity contribution in [3.63, 3.8) is 0 Å². The minimum Gasteiger partial charge on any atom is -0.480 e. The number of hydrogen-bond donors (Lipinski definition) is 4. The maximum absolute atomic E-state index is 12.5. The quantitative estimate of drug-likeness (QED) is 0.438. The van der Waals surface area contributed by atoms with E-state index in [1.54, 1.807) is 0 Å². The van der Waals surface area contributed by atoms with E-state index < -0.39 is 36.5 Å². The van der Waals surface area contributed by atoms with Gasteiger partial charge in [0.15, 0.2) is 0 Å². The first-order valence-corrected chi connectivity index (χ1v) is 11.0. The monoisotopic (exact) mass is 454 g/mol. The van der Waals surface area contributed by atoms with E-state index in [-0.39, 0.29) is 25.0 Å². The highest BCUT2D eigenvalue weighted by molar-refractivity contribution is 5.85. The molecule has 176 valence electrons. The van der Waals surface area contributed by atoms with Gasteiger partial charge in [-0.15, -0.1) is 0 Å². The van der Waals surface area contributed by atoms with Crippen LogP contribution in [0.3, 0.4) is 0 Å². The Hall–Kier alpha value is -3.39. The van der Waals surface area contributed by atoms with Crippen molar-refractivity contribution in [2.24, 2.45) is 11.8 Å². The molecule has 3 rings (SSSR count). The molecule has 0 heterocycles. The van der Waals surface area contributed by atoms with Crippen LogP contribution in [-0.2, 0) is 14.3 Å². The molecule has 4 N–H and O–H groups in total. The summed E-state index contributed by atoms with van der Waals surface area (Å²) in [5.74, 6) is -2.44. The van der Waals surface area contributed by atoms with Gasteiger partial charge in [-0.3, -0.25) is 4.79 Å². The second-order valence-corrected chi connectivity index (χ2v) is 8.61. The number of fused-ring (bicyclic) bond motifs is 3. The van der Waals surface area contributed by atoms with E-state index in [0.29, 0.717) is 6.42 Å². The van der Waals surface area contributed by atoms with Crippen LogP contribution in [0.25, 0.3) is 11.1 Å². The van der Waals surface area contributed by atoms with E-state index in [0.717, 1.165) is 22.3 Å². The Labute approximate surface area is 193 Å². The maximum Gasteiger partial charge on any atom is 0.407 e. The number of carbonyl (C=O) groups excluding carboxylic acids is 2. The summed E-state index contributed by atoms with van der Waals surface area (Å²) in [7, 11) is 0. The molecule has 8 nitrogen and oxygen atoms in total. The van der Waals surface area contributed by atoms with Gasteiger partial charge in [-0.05, 0) is 34.6 Å². The molecule has 2 amide bonds. The first kappa shape index (κ1) is 24.3. The van der Waals surface area contributed by atoms with Crippen LogP contribution < -0.4 is 10.6 Å². The number of rotatable bonds is 10. The molecule has 1 aliphatic carbocycles. The fraction of sp³-hybridized carbons (Fsp3) is 0.400. The average molecular weight is 455 g/mol. The van der Waals surface area contributed by atoms with Gasteiger partial charge < -0.3 is 25.6 Å². The molecule has 1 aliphatic rings. The molecule has 8 heteroatoms. The maximum atomic E-state index is 12.5. The van der Waals surface area contributed by atoms with Gasteiger partial charge in [0.05, 0.1) is 12.5 Å². The average Bonchev–Trinajstić information content (AvgIpc) is 3.12. The van der Waals surface area contributed by atoms with Gasteiger partial charge in [-0.25, -0.2) is 9.59 Å². The van der Waals surface area contributed by atoms with Gasteiger partial charge in [0, 0.05) is 12.5 Å². The smallest absolute Gasteiger partial charge is 0.407 e. The Bertz CT molecular complexity index is 960. The first-order chi connectivity index (χ1) is 15.8. The van der Waals surface area contributed by atoms with E-state index in [2.05, 4.69) is 22.8 Å². The normalized spacial score (nSPS) is 14.2. The number of hydrogen-bond acceptors (Lipinski definition) is 5. The summed E-state index contributed by atoms with van der Waals surface area (Å²) in [6.07, 6.45) is -0.205. The van der Waals surface area contributed by atoms with Crippen LogP contribution in [0.15, 0.2) is 48.5 Å². The zero-order valence-electron chi connectivity index (χ0n) is 18.8. The van der Waals surface area contributed by atoms with E-state index in [1.807, 2.05) is 50.2 Å². The molecular formula is C25H30N2O6. The fourth-order valence-corrected chi connectivity index (χ4v) is 4.18. The van der Waals surface area contributed by atoms with Crippen LogP contribution in [0.5, 0.6) is 0 Å². The number of nitrogens with one attached hydrogen (secondary N) is 2. The largest absolute Gasteiger partial charge is 0.480 e. The van der Waals surface area contributed by atoms with Crippen molar-refractivity contribution < 1.29 is 29.3 Å². The van der Waals surface area contributed by atoms with Gasteiger partial charge >= 0.3 is 12.1 Å². The first-order valence-electron chi connectivity index (χ1n) is 11.0. The predicted octanol–water partition coefficient (Wildman–Crippen LogP) is 2.75. The minimum absolute atomic E-state index is 0.00153. The number of amides is 2. The van der Waals surface area contributed by atoms with Gasteiger partial charge in [-0.1, -0.05) is 62.4 Å². The van der Waals surface area contributed by atoms with Crippen molar-refractivity contribution in [1.82, 2.24) is 10.6 Å². The van der Waals surface area contributed by atoms with E-state index in [1.165, 1.54) is 0 Å². The highest BCUT2D eigenvalue weighted by Crippen LogP contribution is 2.44. The molecule has 2 aromatic rings. The van der Waals surface area contributed by atoms with Crippen molar-refractivity contribution in [3.05, 3.63) is 59.7 Å². The number of carboxylic acid groups (broad SMARTS) is 1. The Kier molecular flexibility index (Phi) is 8.06. The summed E-state index contributed by atoms with van der Waals surface area (Å²) in [6.45, 7) is 3.29. The van der Waals surface area contributed by atoms with Crippen LogP contribution >= 0.6 is 0 Å². The summed E-state index contributed by atoms with van der Waals surface area (Å²) in [4.78, 5) is 36.1. The molecule has 0 saturated heterocycles. The standard InChI is InChI=1S/C25H30N2O6/c1-15(2)11-16(23(29)27-22(13-28)24(30)31)12-26-25(32)33-14-21-19-9-5-3-7-17(19)18-8-4-6-10-20(18)21/h3-10,15-16,21-22,28H,11-14H2,1-2H3,(H,26,32)(H,27,29)(H,30,31)/t16?,22-/m1/s1. The lowest BCUT2D eigenvalue weighted by atomic mass is 9.96. The van der Waals surface area contributed by atoms with Gasteiger partial charge in [0.25, 0.3) is 0 Å². The number of ether oxygens (including phenoxy) is 1. The van der Waals surface area contributed by atoms with E-state index in [9.17, 15) is 14.4 Å². The number of carboxylic acids is 1. The molecule has 0 saturated carbocycles. The van der Waals surface area contributed by atoms with Crippen molar-refractivity contribution in [2.75, 3.05) is 19.8 Å². The van der Waals surface area contributed by atoms with E-state index in [4.69, 9.17) is 14.9 Å². The summed E-state index contributed by atoms with van der Waals surface area (Å²) in [6, 6.07) is 14.7. The van der Waals surface area contributed by atoms with Crippen molar-refractivity contribution in [2.45, 2.75) is 32.2 Å². The van der Waals surface area contributed by atoms with E-state index >= 15 is 0 Å². The number of alkyl carbamates (subject to hydrolysis) is 1. The third-order valence-electron chi connectivity index (χ3n) is 5.76. The Morgan fingerprint density at radius 3 is 2.09 bits per heavy atom. The Morgan fingerprint density at radius 1 is 1.00 bits per heavy atom. The molecule has 2 aromatic carbocycles. The van der Waals surface area contributed by atoms with Crippen LogP contribution in [-0.4, -0.2) is 54.0 Å². The zero-order chi connectivity index (χ0) is 24.0.